The van der Waals surface area contributed by atoms with Gasteiger partial charge in [0, 0.05) is 72.2 Å². The van der Waals surface area contributed by atoms with Crippen molar-refractivity contribution in [2.75, 3.05) is 9.80 Å². The molecule has 0 saturated heterocycles. The average Bonchev–Trinajstić information content (AvgIpc) is 3.89. The summed E-state index contributed by atoms with van der Waals surface area (Å²) in [5, 5.41) is 2.23. The summed E-state index contributed by atoms with van der Waals surface area (Å²) < 4.78 is 9.17. The Hall–Kier alpha value is -6.42. The largest absolute Gasteiger partial charge is 0.509 e. The van der Waals surface area contributed by atoms with Crippen molar-refractivity contribution in [3.8, 4) is 17.3 Å². The second-order valence-corrected chi connectivity index (χ2v) is 23.6. The van der Waals surface area contributed by atoms with Crippen molar-refractivity contribution in [1.82, 2.24) is 9.55 Å². The second kappa shape index (κ2) is 18.6. The Bertz CT molecular complexity index is 3370. The van der Waals surface area contributed by atoms with Crippen LogP contribution in [0.3, 0.4) is 0 Å². The molecule has 0 fully saturated rings. The van der Waals surface area contributed by atoms with Crippen molar-refractivity contribution >= 4 is 44.6 Å². The molecule has 10 rings (SSSR count). The van der Waals surface area contributed by atoms with Gasteiger partial charge in [-0.3, -0.25) is 0 Å². The van der Waals surface area contributed by atoms with Crippen molar-refractivity contribution < 1.29 is 25.8 Å². The molecule has 7 aromatic carbocycles. The molecule has 0 atom stereocenters. The molecule has 0 N–H and O–H groups in total. The summed E-state index contributed by atoms with van der Waals surface area (Å²) in [7, 11) is 0. The zero-order valence-corrected chi connectivity index (χ0v) is 46.5. The van der Waals surface area contributed by atoms with Crippen molar-refractivity contribution in [2.45, 2.75) is 117 Å². The number of benzene rings is 7. The van der Waals surface area contributed by atoms with E-state index in [-0.39, 0.29) is 48.1 Å². The number of pyridine rings is 1. The number of rotatable bonds is 9. The fourth-order valence-electron chi connectivity index (χ4n) is 9.98. The molecule has 1 aliphatic heterocycles. The van der Waals surface area contributed by atoms with Gasteiger partial charge in [0.25, 0.3) is 0 Å². The Morgan fingerprint density at radius 1 is 0.444 bits per heavy atom. The summed E-state index contributed by atoms with van der Waals surface area (Å²) in [4.78, 5) is 9.60. The Balaban J connectivity index is 0.00000640. The molecule has 0 bridgehead atoms. The van der Waals surface area contributed by atoms with Crippen LogP contribution in [-0.4, -0.2) is 9.55 Å². The fraction of sp³-hybridized carbons (Fsp3) is 0.273. The number of hydrogen-bond donors (Lipinski definition) is 0. The molecule has 3 heterocycles. The molecule has 6 heteroatoms. The van der Waals surface area contributed by atoms with Gasteiger partial charge in [0.2, 0.25) is 0 Å². The van der Waals surface area contributed by atoms with Crippen LogP contribution in [0.1, 0.15) is 129 Å². The number of ether oxygens (including phenoxy) is 1. The minimum absolute atomic E-state index is 0. The van der Waals surface area contributed by atoms with Crippen LogP contribution in [-0.2, 0) is 48.1 Å². The summed E-state index contributed by atoms with van der Waals surface area (Å²) in [5.74, 6) is 2.08. The number of aromatic nitrogens is 2. The Labute approximate surface area is 443 Å². The van der Waals surface area contributed by atoms with Crippen LogP contribution in [0, 0.1) is 18.8 Å². The first kappa shape index (κ1) is 50.5. The maximum absolute atomic E-state index is 6.96. The molecular formula is C66H67N4OPt-3. The van der Waals surface area contributed by atoms with Gasteiger partial charge in [-0.1, -0.05) is 187 Å². The number of nitrogens with zero attached hydrogens (tertiary/aromatic N) is 4. The van der Waals surface area contributed by atoms with Gasteiger partial charge >= 0.3 is 0 Å². The van der Waals surface area contributed by atoms with E-state index in [9.17, 15) is 0 Å². The van der Waals surface area contributed by atoms with E-state index in [1.165, 1.54) is 33.4 Å². The van der Waals surface area contributed by atoms with Gasteiger partial charge in [0.05, 0.1) is 0 Å². The molecule has 0 amide bonds. The second-order valence-electron chi connectivity index (χ2n) is 23.6. The predicted molar refractivity (Wildman–Crippen MR) is 297 cm³/mol. The van der Waals surface area contributed by atoms with Crippen LogP contribution in [0.4, 0.5) is 22.7 Å². The molecule has 0 radical (unpaired) electrons. The summed E-state index contributed by atoms with van der Waals surface area (Å²) in [6.07, 6.45) is 1.91. The first-order valence-electron chi connectivity index (χ1n) is 25.1. The molecular weight excluding hydrogens is 1060 g/mol. The first-order chi connectivity index (χ1) is 33.6. The monoisotopic (exact) mass is 1130 g/mol. The minimum atomic E-state index is -0.278. The van der Waals surface area contributed by atoms with E-state index in [0.29, 0.717) is 11.5 Å². The number of fused-ring (bicyclic) bond motifs is 4. The minimum Gasteiger partial charge on any atom is -0.509 e. The van der Waals surface area contributed by atoms with Crippen molar-refractivity contribution in [3.05, 3.63) is 222 Å². The molecule has 0 spiro atoms. The molecule has 72 heavy (non-hydrogen) atoms. The smallest absolute Gasteiger partial charge is 0.135 e. The van der Waals surface area contributed by atoms with E-state index in [2.05, 4.69) is 275 Å². The maximum atomic E-state index is 6.96. The van der Waals surface area contributed by atoms with Crippen LogP contribution < -0.4 is 14.5 Å². The van der Waals surface area contributed by atoms with E-state index >= 15 is 0 Å². The summed E-state index contributed by atoms with van der Waals surface area (Å²) >= 11 is 0. The average molecular weight is 1130 g/mol. The fourth-order valence-corrected chi connectivity index (χ4v) is 9.98. The van der Waals surface area contributed by atoms with Crippen LogP contribution in [0.2, 0.25) is 0 Å². The zero-order chi connectivity index (χ0) is 50.3. The molecule has 2 aromatic heterocycles. The van der Waals surface area contributed by atoms with Gasteiger partial charge in [0.15, 0.2) is 0 Å². The number of hydrogen-bond acceptors (Lipinski definition) is 4. The third kappa shape index (κ3) is 9.42. The Morgan fingerprint density at radius 2 is 1.03 bits per heavy atom. The summed E-state index contributed by atoms with van der Waals surface area (Å²) in [6, 6.07) is 64.8. The third-order valence-electron chi connectivity index (χ3n) is 14.8. The SMILES string of the molecule is CC(C)(C)c1cc(Oc2[c-]c3c(cc2)c2ccccc2n3-c2cc(C(C)(C)C)ccn2)[c-]c(N2[CH-]N(c3cc(C(C)(C)c4ccccc4)cc(C(C)(C)c4ccccc4)c3)c3ccc(C(C)(C)C)cc32)c1.[Pt]. The molecule has 5 nitrogen and oxygen atoms in total. The molecule has 1 aliphatic rings. The summed E-state index contributed by atoms with van der Waals surface area (Å²) in [5.41, 5.74) is 14.0. The molecule has 0 aliphatic carbocycles. The van der Waals surface area contributed by atoms with E-state index < -0.39 is 0 Å². The van der Waals surface area contributed by atoms with Crippen molar-refractivity contribution in [2.24, 2.45) is 0 Å². The van der Waals surface area contributed by atoms with Gasteiger partial charge in [-0.15, -0.1) is 53.6 Å². The van der Waals surface area contributed by atoms with Crippen molar-refractivity contribution in [3.63, 3.8) is 0 Å². The topological polar surface area (TPSA) is 33.5 Å². The Morgan fingerprint density at radius 3 is 1.64 bits per heavy atom. The number of para-hydroxylation sites is 1. The van der Waals surface area contributed by atoms with E-state index in [1.54, 1.807) is 0 Å². The van der Waals surface area contributed by atoms with E-state index in [1.807, 2.05) is 12.3 Å². The summed E-state index contributed by atoms with van der Waals surface area (Å²) in [6.45, 7) is 32.0. The van der Waals surface area contributed by atoms with Gasteiger partial charge in [-0.2, -0.15) is 6.07 Å². The van der Waals surface area contributed by atoms with Gasteiger partial charge in [-0.25, -0.2) is 4.98 Å². The molecule has 0 unspecified atom stereocenters. The molecule has 370 valence electrons. The van der Waals surface area contributed by atoms with Crippen molar-refractivity contribution in [1.29, 1.82) is 0 Å². The molecule has 9 aromatic rings. The molecule has 0 saturated carbocycles. The maximum Gasteiger partial charge on any atom is 0.135 e. The quantitative estimate of drug-likeness (QED) is 0.135. The first-order valence-corrected chi connectivity index (χ1v) is 25.1. The predicted octanol–water partition coefficient (Wildman–Crippen LogP) is 17.5. The van der Waals surface area contributed by atoms with Gasteiger partial charge in [0.1, 0.15) is 5.82 Å². The van der Waals surface area contributed by atoms with Crippen LogP contribution >= 0.6 is 0 Å². The third-order valence-corrected chi connectivity index (χ3v) is 14.8. The zero-order valence-electron chi connectivity index (χ0n) is 44.2. The van der Waals surface area contributed by atoms with Gasteiger partial charge in [-0.05, 0) is 97.5 Å². The van der Waals surface area contributed by atoms with Crippen LogP contribution in [0.5, 0.6) is 11.5 Å². The van der Waals surface area contributed by atoms with E-state index in [4.69, 9.17) is 9.72 Å². The van der Waals surface area contributed by atoms with Crippen LogP contribution in [0.25, 0.3) is 27.6 Å². The van der Waals surface area contributed by atoms with E-state index in [0.717, 1.165) is 55.9 Å². The van der Waals surface area contributed by atoms with Crippen LogP contribution in [0.15, 0.2) is 164 Å². The standard InChI is InChI=1S/C66H67N4O.Pt/c1-62(2,3)46-28-31-58-60(39-46)69(43-68(58)51-36-49(65(10,11)44-22-16-14-17-23-44)34-50(37-51)66(12,13)45-24-18-15-19-25-45)52-35-48(64(7,8)9)38-54(41-52)71-53-29-30-56-55-26-20-21-27-57(55)70(59(56)42-53)61-40-47(32-33-67-61)63(4,5)6;/h14-40,43H,1-13H3;/q-3;. The van der Waals surface area contributed by atoms with Gasteiger partial charge < -0.3 is 19.1 Å². The normalized spacial score (nSPS) is 13.4. The number of anilines is 4. The Kier molecular flexibility index (Phi) is 13.0.